The molecule has 0 bridgehead atoms. The normalized spacial score (nSPS) is 16.7. The van der Waals surface area contributed by atoms with Gasteiger partial charge in [-0.05, 0) is 37.1 Å². The second kappa shape index (κ2) is 13.7. The van der Waals surface area contributed by atoms with Crippen LogP contribution < -0.4 is 10.6 Å². The van der Waals surface area contributed by atoms with E-state index in [0.717, 1.165) is 29.8 Å². The molecule has 1 aliphatic heterocycles. The molecule has 1 saturated heterocycles. The third-order valence-electron chi connectivity index (χ3n) is 5.43. The van der Waals surface area contributed by atoms with Crippen LogP contribution in [-0.4, -0.2) is 61.9 Å². The average Bonchev–Trinajstić information content (AvgIpc) is 2.79. The number of rotatable bonds is 8. The van der Waals surface area contributed by atoms with Crippen molar-refractivity contribution in [2.45, 2.75) is 26.0 Å². The first-order chi connectivity index (χ1) is 15.1. The predicted octanol–water partition coefficient (Wildman–Crippen LogP) is 3.41. The molecule has 0 aromatic heterocycles. The molecule has 2 unspecified atom stereocenters. The molecule has 176 valence electrons. The summed E-state index contributed by atoms with van der Waals surface area (Å²) in [5.41, 5.74) is 3.06. The molecular weight excluding hydrogens is 522 g/mol. The number of aryl methyl sites for hydroxylation is 1. The number of aliphatic hydroxyl groups excluding tert-OH is 1. The van der Waals surface area contributed by atoms with Gasteiger partial charge < -0.3 is 20.5 Å². The molecular formula is C24H34FIN4O2. The number of nitrogens with one attached hydrogen (secondary N) is 2. The highest BCUT2D eigenvalue weighted by molar-refractivity contribution is 14.0. The van der Waals surface area contributed by atoms with E-state index in [1.807, 2.05) is 50.2 Å². The molecule has 0 radical (unpaired) electrons. The van der Waals surface area contributed by atoms with Crippen LogP contribution in [0.3, 0.4) is 0 Å². The summed E-state index contributed by atoms with van der Waals surface area (Å²) in [6.07, 6.45) is -0.628. The lowest BCUT2D eigenvalue weighted by Gasteiger charge is -2.34. The number of guanidine groups is 1. The molecule has 1 aliphatic rings. The fourth-order valence-electron chi connectivity index (χ4n) is 3.63. The Labute approximate surface area is 207 Å². The summed E-state index contributed by atoms with van der Waals surface area (Å²) < 4.78 is 18.9. The van der Waals surface area contributed by atoms with E-state index in [2.05, 4.69) is 15.5 Å². The summed E-state index contributed by atoms with van der Waals surface area (Å²) in [4.78, 5) is 7.10. The van der Waals surface area contributed by atoms with E-state index in [-0.39, 0.29) is 35.8 Å². The Balaban J connectivity index is 0.00000363. The average molecular weight is 556 g/mol. The van der Waals surface area contributed by atoms with Crippen LogP contribution in [0, 0.1) is 12.7 Å². The number of hydrogen-bond acceptors (Lipinski definition) is 4. The highest BCUT2D eigenvalue weighted by Gasteiger charge is 2.22. The molecule has 0 amide bonds. The maximum atomic E-state index is 13.4. The van der Waals surface area contributed by atoms with Crippen LogP contribution in [0.5, 0.6) is 0 Å². The largest absolute Gasteiger partial charge is 0.387 e. The van der Waals surface area contributed by atoms with Gasteiger partial charge in [-0.1, -0.05) is 42.0 Å². The van der Waals surface area contributed by atoms with Gasteiger partial charge in [0.1, 0.15) is 5.82 Å². The number of morpholine rings is 1. The van der Waals surface area contributed by atoms with Gasteiger partial charge in [-0.25, -0.2) is 4.39 Å². The van der Waals surface area contributed by atoms with Crippen LogP contribution in [0.2, 0.25) is 0 Å². The minimum absolute atomic E-state index is 0. The van der Waals surface area contributed by atoms with Gasteiger partial charge in [0.15, 0.2) is 5.96 Å². The van der Waals surface area contributed by atoms with E-state index >= 15 is 0 Å². The second-order valence-corrected chi connectivity index (χ2v) is 7.74. The van der Waals surface area contributed by atoms with E-state index in [1.165, 1.54) is 12.1 Å². The molecule has 0 aliphatic carbocycles. The molecule has 0 spiro atoms. The minimum atomic E-state index is -0.628. The van der Waals surface area contributed by atoms with Gasteiger partial charge in [0.25, 0.3) is 0 Å². The fraction of sp³-hybridized carbons (Fsp3) is 0.458. The summed E-state index contributed by atoms with van der Waals surface area (Å²) in [6, 6.07) is 14.5. The van der Waals surface area contributed by atoms with Crippen LogP contribution in [0.1, 0.15) is 35.8 Å². The zero-order valence-corrected chi connectivity index (χ0v) is 21.1. The van der Waals surface area contributed by atoms with Crippen LogP contribution in [0.25, 0.3) is 0 Å². The summed E-state index contributed by atoms with van der Waals surface area (Å²) in [7, 11) is 0. The van der Waals surface area contributed by atoms with Crippen molar-refractivity contribution in [3.63, 3.8) is 0 Å². The van der Waals surface area contributed by atoms with Crippen LogP contribution in [-0.2, 0) is 4.74 Å². The Morgan fingerprint density at radius 1 is 1.06 bits per heavy atom. The van der Waals surface area contributed by atoms with Crippen LogP contribution in [0.15, 0.2) is 53.5 Å². The van der Waals surface area contributed by atoms with Gasteiger partial charge in [-0.15, -0.1) is 24.0 Å². The summed E-state index contributed by atoms with van der Waals surface area (Å²) in [5, 5.41) is 17.0. The SMILES string of the molecule is CCNC(=NCC(c1ccc(F)cc1)N1CCOCC1)NCC(O)c1ccc(C)cc1.I. The van der Waals surface area contributed by atoms with E-state index in [4.69, 9.17) is 9.73 Å². The monoisotopic (exact) mass is 556 g/mol. The van der Waals surface area contributed by atoms with Gasteiger partial charge in [-0.3, -0.25) is 9.89 Å². The van der Waals surface area contributed by atoms with Crippen molar-refractivity contribution in [3.8, 4) is 0 Å². The number of aliphatic imine (C=N–C) groups is 1. The lowest BCUT2D eigenvalue weighted by atomic mass is 10.0. The molecule has 2 atom stereocenters. The zero-order valence-electron chi connectivity index (χ0n) is 18.8. The number of ether oxygens (including phenoxy) is 1. The van der Waals surface area contributed by atoms with Crippen LogP contribution >= 0.6 is 24.0 Å². The molecule has 3 N–H and O–H groups in total. The molecule has 32 heavy (non-hydrogen) atoms. The predicted molar refractivity (Wildman–Crippen MR) is 137 cm³/mol. The Hall–Kier alpha value is -1.75. The van der Waals surface area contributed by atoms with Crippen LogP contribution in [0.4, 0.5) is 4.39 Å². The lowest BCUT2D eigenvalue weighted by Crippen LogP contribution is -2.42. The Morgan fingerprint density at radius 2 is 1.69 bits per heavy atom. The first-order valence-electron chi connectivity index (χ1n) is 10.9. The molecule has 6 nitrogen and oxygen atoms in total. The molecule has 8 heteroatoms. The number of benzene rings is 2. The van der Waals surface area contributed by atoms with Crippen molar-refractivity contribution in [2.24, 2.45) is 4.99 Å². The van der Waals surface area contributed by atoms with E-state index in [9.17, 15) is 9.50 Å². The maximum absolute atomic E-state index is 13.4. The van der Waals surface area contributed by atoms with Crippen molar-refractivity contribution < 1.29 is 14.2 Å². The molecule has 1 heterocycles. The topological polar surface area (TPSA) is 69.1 Å². The Morgan fingerprint density at radius 3 is 2.31 bits per heavy atom. The van der Waals surface area contributed by atoms with Gasteiger partial charge >= 0.3 is 0 Å². The van der Waals surface area contributed by atoms with Gasteiger partial charge in [0, 0.05) is 26.2 Å². The minimum Gasteiger partial charge on any atom is -0.387 e. The molecule has 0 saturated carbocycles. The van der Waals surface area contributed by atoms with E-state index < -0.39 is 6.10 Å². The van der Waals surface area contributed by atoms with Gasteiger partial charge in [0.05, 0.1) is 31.9 Å². The van der Waals surface area contributed by atoms with Gasteiger partial charge in [-0.2, -0.15) is 0 Å². The standard InChI is InChI=1S/C24H33FN4O2.HI/c1-3-26-24(28-17-23(30)20-6-4-18(2)5-7-20)27-16-22(29-12-14-31-15-13-29)19-8-10-21(25)11-9-19;/h4-11,22-23,30H,3,12-17H2,1-2H3,(H2,26,27,28);1H. The number of aliphatic hydroxyl groups is 1. The number of hydrogen-bond donors (Lipinski definition) is 3. The smallest absolute Gasteiger partial charge is 0.191 e. The van der Waals surface area contributed by atoms with E-state index in [1.54, 1.807) is 0 Å². The number of nitrogens with zero attached hydrogens (tertiary/aromatic N) is 2. The summed E-state index contributed by atoms with van der Waals surface area (Å²) in [6.45, 7) is 8.61. The van der Waals surface area contributed by atoms with Gasteiger partial charge in [0.2, 0.25) is 0 Å². The van der Waals surface area contributed by atoms with E-state index in [0.29, 0.717) is 38.8 Å². The van der Waals surface area contributed by atoms with Crippen molar-refractivity contribution in [3.05, 3.63) is 71.0 Å². The molecule has 2 aromatic rings. The Kier molecular flexibility index (Phi) is 11.4. The highest BCUT2D eigenvalue weighted by Crippen LogP contribution is 2.23. The maximum Gasteiger partial charge on any atom is 0.191 e. The second-order valence-electron chi connectivity index (χ2n) is 7.74. The third kappa shape index (κ3) is 7.99. The van der Waals surface area contributed by atoms with Crippen molar-refractivity contribution in [1.29, 1.82) is 0 Å². The highest BCUT2D eigenvalue weighted by atomic mass is 127. The quantitative estimate of drug-likeness (QED) is 0.264. The molecule has 2 aromatic carbocycles. The lowest BCUT2D eigenvalue weighted by molar-refractivity contribution is 0.0179. The summed E-state index contributed by atoms with van der Waals surface area (Å²) >= 11 is 0. The molecule has 1 fully saturated rings. The summed E-state index contributed by atoms with van der Waals surface area (Å²) in [5.74, 6) is 0.405. The Bertz CT molecular complexity index is 827. The zero-order chi connectivity index (χ0) is 22.1. The first kappa shape index (κ1) is 26.5. The van der Waals surface area contributed by atoms with Crippen molar-refractivity contribution >= 4 is 29.9 Å². The van der Waals surface area contributed by atoms with Crippen molar-refractivity contribution in [2.75, 3.05) is 45.9 Å². The number of halogens is 2. The fourth-order valence-corrected chi connectivity index (χ4v) is 3.63. The van der Waals surface area contributed by atoms with Crippen molar-refractivity contribution in [1.82, 2.24) is 15.5 Å². The molecule has 3 rings (SSSR count). The first-order valence-corrected chi connectivity index (χ1v) is 10.9. The third-order valence-corrected chi connectivity index (χ3v) is 5.43.